The number of halogens is 1. The molecule has 6 nitrogen and oxygen atoms in total. The van der Waals surface area contributed by atoms with Gasteiger partial charge in [-0.05, 0) is 26.0 Å². The Morgan fingerprint density at radius 3 is 2.72 bits per heavy atom. The zero-order chi connectivity index (χ0) is 13.3. The quantitative estimate of drug-likeness (QED) is 0.858. The standard InChI is InChI=1S/C10H10ClN3O3S/c1-6(9-13-7(2)14-17-9)18(15,16)10-8(11)4-3-5-12-10/h3-6H,1-2H3/t6-/m0/s1. The zero-order valence-electron chi connectivity index (χ0n) is 9.66. The van der Waals surface area contributed by atoms with Crippen molar-refractivity contribution < 1.29 is 12.9 Å². The lowest BCUT2D eigenvalue weighted by molar-refractivity contribution is 0.372. The molecule has 0 saturated heterocycles. The fourth-order valence-electron chi connectivity index (χ4n) is 1.36. The normalized spacial score (nSPS) is 13.5. The van der Waals surface area contributed by atoms with Crippen molar-refractivity contribution in [3.63, 3.8) is 0 Å². The van der Waals surface area contributed by atoms with E-state index in [-0.39, 0.29) is 15.9 Å². The first-order chi connectivity index (χ1) is 8.43. The van der Waals surface area contributed by atoms with Crippen LogP contribution in [0.25, 0.3) is 0 Å². The molecule has 0 radical (unpaired) electrons. The third kappa shape index (κ3) is 2.23. The second-order valence-electron chi connectivity index (χ2n) is 3.66. The van der Waals surface area contributed by atoms with Crippen molar-refractivity contribution in [3.8, 4) is 0 Å². The predicted octanol–water partition coefficient (Wildman–Crippen LogP) is 1.96. The van der Waals surface area contributed by atoms with Crippen LogP contribution in [0.2, 0.25) is 5.02 Å². The molecule has 96 valence electrons. The van der Waals surface area contributed by atoms with E-state index in [0.29, 0.717) is 5.82 Å². The maximum Gasteiger partial charge on any atom is 0.245 e. The van der Waals surface area contributed by atoms with Gasteiger partial charge in [-0.15, -0.1) is 0 Å². The van der Waals surface area contributed by atoms with Gasteiger partial charge >= 0.3 is 0 Å². The van der Waals surface area contributed by atoms with Gasteiger partial charge in [0.2, 0.25) is 15.7 Å². The minimum absolute atomic E-state index is 0.0224. The summed E-state index contributed by atoms with van der Waals surface area (Å²) < 4.78 is 29.4. The lowest BCUT2D eigenvalue weighted by Gasteiger charge is -2.08. The lowest BCUT2D eigenvalue weighted by atomic mass is 10.5. The Morgan fingerprint density at radius 1 is 1.44 bits per heavy atom. The minimum Gasteiger partial charge on any atom is -0.338 e. The molecular formula is C10H10ClN3O3S. The fourth-order valence-corrected chi connectivity index (χ4v) is 3.05. The molecule has 18 heavy (non-hydrogen) atoms. The Bertz CT molecular complexity index is 669. The average Bonchev–Trinajstić information content (AvgIpc) is 2.75. The molecule has 2 aromatic rings. The zero-order valence-corrected chi connectivity index (χ0v) is 11.2. The van der Waals surface area contributed by atoms with Gasteiger partial charge in [0.25, 0.3) is 0 Å². The van der Waals surface area contributed by atoms with Crippen molar-refractivity contribution in [3.05, 3.63) is 35.1 Å². The second-order valence-corrected chi connectivity index (χ2v) is 6.25. The van der Waals surface area contributed by atoms with Crippen molar-refractivity contribution in [1.82, 2.24) is 15.1 Å². The van der Waals surface area contributed by atoms with Gasteiger partial charge in [0.05, 0.1) is 5.02 Å². The molecule has 2 rings (SSSR count). The third-order valence-corrected chi connectivity index (χ3v) is 4.76. The van der Waals surface area contributed by atoms with E-state index < -0.39 is 15.1 Å². The van der Waals surface area contributed by atoms with Gasteiger partial charge in [-0.1, -0.05) is 16.8 Å². The smallest absolute Gasteiger partial charge is 0.245 e. The van der Waals surface area contributed by atoms with Crippen molar-refractivity contribution in [1.29, 1.82) is 0 Å². The van der Waals surface area contributed by atoms with Gasteiger partial charge in [-0.25, -0.2) is 13.4 Å². The molecule has 0 spiro atoms. The summed E-state index contributed by atoms with van der Waals surface area (Å²) >= 11 is 5.84. The van der Waals surface area contributed by atoms with Crippen LogP contribution in [-0.4, -0.2) is 23.5 Å². The number of aromatic nitrogens is 3. The molecule has 2 aromatic heterocycles. The monoisotopic (exact) mass is 287 g/mol. The van der Waals surface area contributed by atoms with Crippen LogP contribution in [0.4, 0.5) is 0 Å². The van der Waals surface area contributed by atoms with E-state index in [1.54, 1.807) is 13.0 Å². The summed E-state index contributed by atoms with van der Waals surface area (Å²) in [6, 6.07) is 3.02. The summed E-state index contributed by atoms with van der Waals surface area (Å²) in [5.74, 6) is 0.397. The summed E-state index contributed by atoms with van der Waals surface area (Å²) in [6.07, 6.45) is 1.37. The topological polar surface area (TPSA) is 86.0 Å². The van der Waals surface area contributed by atoms with E-state index in [9.17, 15) is 8.42 Å². The summed E-state index contributed by atoms with van der Waals surface area (Å²) in [4.78, 5) is 7.70. The molecule has 0 bridgehead atoms. The van der Waals surface area contributed by atoms with Crippen LogP contribution >= 0.6 is 11.6 Å². The van der Waals surface area contributed by atoms with Crippen molar-refractivity contribution in [2.45, 2.75) is 24.1 Å². The third-order valence-electron chi connectivity index (χ3n) is 2.35. The number of rotatable bonds is 3. The van der Waals surface area contributed by atoms with Crippen LogP contribution < -0.4 is 0 Å². The number of hydrogen-bond acceptors (Lipinski definition) is 6. The number of nitrogens with zero attached hydrogens (tertiary/aromatic N) is 3. The average molecular weight is 288 g/mol. The highest BCUT2D eigenvalue weighted by Gasteiger charge is 2.32. The van der Waals surface area contributed by atoms with Gasteiger partial charge < -0.3 is 4.52 Å². The first-order valence-corrected chi connectivity index (χ1v) is 7.00. The molecule has 0 saturated carbocycles. The highest BCUT2D eigenvalue weighted by Crippen LogP contribution is 2.29. The molecule has 0 aromatic carbocycles. The van der Waals surface area contributed by atoms with Gasteiger partial charge in [-0.3, -0.25) is 0 Å². The van der Waals surface area contributed by atoms with Crippen molar-refractivity contribution >= 4 is 21.4 Å². The number of pyridine rings is 1. The van der Waals surface area contributed by atoms with Crippen molar-refractivity contribution in [2.75, 3.05) is 0 Å². The molecule has 2 heterocycles. The summed E-state index contributed by atoms with van der Waals surface area (Å²) in [7, 11) is -3.75. The lowest BCUT2D eigenvalue weighted by Crippen LogP contribution is -2.13. The maximum atomic E-state index is 12.3. The van der Waals surface area contributed by atoms with E-state index in [0.717, 1.165) is 0 Å². The Balaban J connectivity index is 2.47. The summed E-state index contributed by atoms with van der Waals surface area (Å²) in [5, 5.41) is 2.45. The molecule has 0 aliphatic rings. The highest BCUT2D eigenvalue weighted by molar-refractivity contribution is 7.91. The van der Waals surface area contributed by atoms with Crippen LogP contribution in [0.15, 0.2) is 27.9 Å². The van der Waals surface area contributed by atoms with E-state index in [2.05, 4.69) is 15.1 Å². The summed E-state index contributed by atoms with van der Waals surface area (Å²) in [6.45, 7) is 3.06. The second kappa shape index (κ2) is 4.66. The fraction of sp³-hybridized carbons (Fsp3) is 0.300. The molecule has 0 amide bonds. The molecule has 0 unspecified atom stereocenters. The van der Waals surface area contributed by atoms with Crippen LogP contribution in [-0.2, 0) is 9.84 Å². The Hall–Kier alpha value is -1.47. The first kappa shape index (κ1) is 13.0. The van der Waals surface area contributed by atoms with Crippen LogP contribution in [0, 0.1) is 6.92 Å². The van der Waals surface area contributed by atoms with Gasteiger partial charge in [0.1, 0.15) is 5.25 Å². The van der Waals surface area contributed by atoms with Gasteiger partial charge in [-0.2, -0.15) is 4.98 Å². The minimum atomic E-state index is -3.75. The van der Waals surface area contributed by atoms with E-state index >= 15 is 0 Å². The number of aryl methyl sites for hydroxylation is 1. The van der Waals surface area contributed by atoms with E-state index in [1.165, 1.54) is 19.2 Å². The summed E-state index contributed by atoms with van der Waals surface area (Å²) in [5.41, 5.74) is 0. The van der Waals surface area contributed by atoms with E-state index in [1.807, 2.05) is 0 Å². The molecule has 0 N–H and O–H groups in total. The Labute approximate surface area is 109 Å². The largest absolute Gasteiger partial charge is 0.338 e. The van der Waals surface area contributed by atoms with Crippen LogP contribution in [0.3, 0.4) is 0 Å². The predicted molar refractivity (Wildman–Crippen MR) is 63.9 cm³/mol. The van der Waals surface area contributed by atoms with Gasteiger partial charge in [0, 0.05) is 6.20 Å². The molecule has 0 aliphatic heterocycles. The van der Waals surface area contributed by atoms with Crippen LogP contribution in [0.1, 0.15) is 23.9 Å². The molecule has 1 atom stereocenters. The molecular weight excluding hydrogens is 278 g/mol. The first-order valence-electron chi connectivity index (χ1n) is 5.07. The molecule has 8 heteroatoms. The number of hydrogen-bond donors (Lipinski definition) is 0. The van der Waals surface area contributed by atoms with Crippen molar-refractivity contribution in [2.24, 2.45) is 0 Å². The van der Waals surface area contributed by atoms with Crippen LogP contribution in [0.5, 0.6) is 0 Å². The van der Waals surface area contributed by atoms with Gasteiger partial charge in [0.15, 0.2) is 10.9 Å². The molecule has 0 aliphatic carbocycles. The number of sulfone groups is 1. The Kier molecular flexibility index (Phi) is 3.36. The maximum absolute atomic E-state index is 12.3. The SMILES string of the molecule is Cc1noc([C@H](C)S(=O)(=O)c2ncccc2Cl)n1. The van der Waals surface area contributed by atoms with E-state index in [4.69, 9.17) is 16.1 Å². The Morgan fingerprint density at radius 2 is 2.17 bits per heavy atom. The highest BCUT2D eigenvalue weighted by atomic mass is 35.5. The molecule has 0 fully saturated rings.